The van der Waals surface area contributed by atoms with Crippen molar-refractivity contribution >= 4 is 11.8 Å². The molecule has 2 aromatic rings. The van der Waals surface area contributed by atoms with Gasteiger partial charge in [0.2, 0.25) is 0 Å². The van der Waals surface area contributed by atoms with Gasteiger partial charge in [-0.25, -0.2) is 0 Å². The van der Waals surface area contributed by atoms with Crippen LogP contribution in [0.5, 0.6) is 17.2 Å². The van der Waals surface area contributed by atoms with Crippen LogP contribution in [-0.2, 0) is 16.1 Å². The fourth-order valence-corrected chi connectivity index (χ4v) is 3.34. The van der Waals surface area contributed by atoms with Gasteiger partial charge in [-0.15, -0.1) is 0 Å². The lowest BCUT2D eigenvalue weighted by atomic mass is 10.1. The maximum absolute atomic E-state index is 12.6. The highest BCUT2D eigenvalue weighted by Crippen LogP contribution is 2.26. The number of benzene rings is 2. The Labute approximate surface area is 181 Å². The molecular weight excluding hydrogens is 398 g/mol. The molecule has 0 aromatic heterocycles. The summed E-state index contributed by atoms with van der Waals surface area (Å²) in [5.41, 5.74) is 1.38. The molecule has 0 aliphatic carbocycles. The molecule has 0 radical (unpaired) electrons. The van der Waals surface area contributed by atoms with E-state index in [0.29, 0.717) is 62.0 Å². The van der Waals surface area contributed by atoms with Crippen molar-refractivity contribution in [3.05, 3.63) is 53.6 Å². The van der Waals surface area contributed by atoms with Crippen molar-refractivity contribution in [1.29, 1.82) is 5.26 Å². The van der Waals surface area contributed by atoms with Gasteiger partial charge < -0.3 is 24.0 Å². The minimum absolute atomic E-state index is 0.299. The SMILES string of the molecule is COc1ccc(CN2CCN(CCCOc3ccc(C#N)cc3)C(=O)C2=O)c(OC)c1. The van der Waals surface area contributed by atoms with Crippen molar-refractivity contribution in [3.8, 4) is 23.3 Å². The first-order valence-electron chi connectivity index (χ1n) is 9.97. The van der Waals surface area contributed by atoms with Gasteiger partial charge in [0.15, 0.2) is 0 Å². The van der Waals surface area contributed by atoms with Crippen LogP contribution in [0, 0.1) is 11.3 Å². The van der Waals surface area contributed by atoms with Crippen molar-refractivity contribution in [1.82, 2.24) is 9.80 Å². The molecule has 2 amide bonds. The summed E-state index contributed by atoms with van der Waals surface area (Å²) in [4.78, 5) is 28.2. The molecule has 162 valence electrons. The van der Waals surface area contributed by atoms with Crippen LogP contribution in [-0.4, -0.2) is 62.1 Å². The van der Waals surface area contributed by atoms with E-state index in [1.54, 1.807) is 55.5 Å². The standard InChI is InChI=1S/C23H25N3O5/c1-29-20-9-6-18(21(14-20)30-2)16-26-12-11-25(22(27)23(26)28)10-3-13-31-19-7-4-17(15-24)5-8-19/h4-9,14H,3,10-13,16H2,1-2H3. The number of rotatable bonds is 9. The number of ether oxygens (including phenoxy) is 3. The summed E-state index contributed by atoms with van der Waals surface area (Å²) in [6.07, 6.45) is 0.603. The number of piperazine rings is 1. The third kappa shape index (κ3) is 5.45. The van der Waals surface area contributed by atoms with Crippen molar-refractivity contribution in [2.45, 2.75) is 13.0 Å². The van der Waals surface area contributed by atoms with Gasteiger partial charge in [-0.2, -0.15) is 5.26 Å². The van der Waals surface area contributed by atoms with E-state index in [2.05, 4.69) is 6.07 Å². The molecule has 0 unspecified atom stereocenters. The summed E-state index contributed by atoms with van der Waals surface area (Å²) in [5, 5.41) is 8.81. The van der Waals surface area contributed by atoms with Crippen LogP contribution in [0.2, 0.25) is 0 Å². The topological polar surface area (TPSA) is 92.1 Å². The summed E-state index contributed by atoms with van der Waals surface area (Å²) in [6.45, 7) is 2.08. The van der Waals surface area contributed by atoms with Crippen LogP contribution < -0.4 is 14.2 Å². The Hall–Kier alpha value is -3.73. The molecule has 0 N–H and O–H groups in total. The van der Waals surface area contributed by atoms with Crippen LogP contribution in [0.3, 0.4) is 0 Å². The third-order valence-corrected chi connectivity index (χ3v) is 5.08. The summed E-state index contributed by atoms with van der Waals surface area (Å²) in [6, 6.07) is 14.3. The Morgan fingerprint density at radius 2 is 1.61 bits per heavy atom. The first-order chi connectivity index (χ1) is 15.0. The van der Waals surface area contributed by atoms with Gasteiger partial charge in [0.05, 0.1) is 32.5 Å². The molecule has 8 nitrogen and oxygen atoms in total. The lowest BCUT2D eigenvalue weighted by Gasteiger charge is -2.34. The molecule has 3 rings (SSSR count). The van der Waals surface area contributed by atoms with E-state index in [9.17, 15) is 9.59 Å². The van der Waals surface area contributed by atoms with E-state index in [0.717, 1.165) is 5.56 Å². The molecule has 31 heavy (non-hydrogen) atoms. The fourth-order valence-electron chi connectivity index (χ4n) is 3.34. The van der Waals surface area contributed by atoms with Gasteiger partial charge >= 0.3 is 11.8 Å². The third-order valence-electron chi connectivity index (χ3n) is 5.08. The first-order valence-corrected chi connectivity index (χ1v) is 9.97. The van der Waals surface area contributed by atoms with Gasteiger partial charge in [-0.1, -0.05) is 0 Å². The summed E-state index contributed by atoms with van der Waals surface area (Å²) >= 11 is 0. The monoisotopic (exact) mass is 423 g/mol. The Balaban J connectivity index is 1.49. The average molecular weight is 423 g/mol. The second-order valence-corrected chi connectivity index (χ2v) is 7.03. The van der Waals surface area contributed by atoms with Crippen LogP contribution in [0.4, 0.5) is 0 Å². The summed E-state index contributed by atoms with van der Waals surface area (Å²) < 4.78 is 16.2. The predicted octanol–water partition coefficient (Wildman–Crippen LogP) is 2.22. The highest BCUT2D eigenvalue weighted by Gasteiger charge is 2.32. The number of hydrogen-bond acceptors (Lipinski definition) is 6. The van der Waals surface area contributed by atoms with Gasteiger partial charge in [0.1, 0.15) is 17.2 Å². The second kappa shape index (κ2) is 10.3. The predicted molar refractivity (Wildman–Crippen MR) is 113 cm³/mol. The van der Waals surface area contributed by atoms with E-state index >= 15 is 0 Å². The lowest BCUT2D eigenvalue weighted by Crippen LogP contribution is -2.54. The normalized spacial score (nSPS) is 13.7. The zero-order chi connectivity index (χ0) is 22.2. The number of carbonyl (C=O) groups is 2. The minimum Gasteiger partial charge on any atom is -0.497 e. The van der Waals surface area contributed by atoms with Gasteiger partial charge in [0.25, 0.3) is 0 Å². The number of nitriles is 1. The Kier molecular flexibility index (Phi) is 7.33. The lowest BCUT2D eigenvalue weighted by molar-refractivity contribution is -0.156. The number of amides is 2. The maximum atomic E-state index is 12.6. The highest BCUT2D eigenvalue weighted by molar-refractivity contribution is 6.35. The van der Waals surface area contributed by atoms with E-state index < -0.39 is 11.8 Å². The Morgan fingerprint density at radius 1 is 0.935 bits per heavy atom. The molecule has 1 aliphatic rings. The molecule has 0 spiro atoms. The van der Waals surface area contributed by atoms with Gasteiger partial charge in [-0.3, -0.25) is 9.59 Å². The van der Waals surface area contributed by atoms with Crippen molar-refractivity contribution in [2.75, 3.05) is 40.5 Å². The molecule has 8 heteroatoms. The molecular formula is C23H25N3O5. The van der Waals surface area contributed by atoms with E-state index in [1.807, 2.05) is 6.07 Å². The summed E-state index contributed by atoms with van der Waals surface area (Å²) in [5.74, 6) is 0.923. The molecule has 2 aromatic carbocycles. The number of carbonyl (C=O) groups excluding carboxylic acids is 2. The Bertz CT molecular complexity index is 968. The smallest absolute Gasteiger partial charge is 0.312 e. The van der Waals surface area contributed by atoms with Crippen LogP contribution in [0.25, 0.3) is 0 Å². The molecule has 1 fully saturated rings. The van der Waals surface area contributed by atoms with Crippen LogP contribution in [0.1, 0.15) is 17.5 Å². The number of methoxy groups -OCH3 is 2. The molecule has 0 bridgehead atoms. The van der Waals surface area contributed by atoms with Gasteiger partial charge in [-0.05, 0) is 42.8 Å². The van der Waals surface area contributed by atoms with Crippen LogP contribution >= 0.6 is 0 Å². The fraction of sp³-hybridized carbons (Fsp3) is 0.348. The maximum Gasteiger partial charge on any atom is 0.312 e. The zero-order valence-corrected chi connectivity index (χ0v) is 17.7. The minimum atomic E-state index is -0.517. The second-order valence-electron chi connectivity index (χ2n) is 7.03. The Morgan fingerprint density at radius 3 is 2.29 bits per heavy atom. The number of hydrogen-bond donors (Lipinski definition) is 0. The quantitative estimate of drug-likeness (QED) is 0.454. The number of nitrogens with zero attached hydrogens (tertiary/aromatic N) is 3. The highest BCUT2D eigenvalue weighted by atomic mass is 16.5. The van der Waals surface area contributed by atoms with Crippen molar-refractivity contribution in [2.24, 2.45) is 0 Å². The molecule has 1 heterocycles. The zero-order valence-electron chi connectivity index (χ0n) is 17.7. The first kappa shape index (κ1) is 22.0. The van der Waals surface area contributed by atoms with Crippen LogP contribution in [0.15, 0.2) is 42.5 Å². The van der Waals surface area contributed by atoms with Crippen molar-refractivity contribution < 1.29 is 23.8 Å². The summed E-state index contributed by atoms with van der Waals surface area (Å²) in [7, 11) is 3.13. The molecule has 1 aliphatic heterocycles. The van der Waals surface area contributed by atoms with E-state index in [1.165, 1.54) is 4.90 Å². The average Bonchev–Trinajstić information content (AvgIpc) is 2.81. The molecule has 1 saturated heterocycles. The molecule has 0 saturated carbocycles. The van der Waals surface area contributed by atoms with E-state index in [-0.39, 0.29) is 0 Å². The van der Waals surface area contributed by atoms with E-state index in [4.69, 9.17) is 19.5 Å². The van der Waals surface area contributed by atoms with Gasteiger partial charge in [0, 0.05) is 37.8 Å². The largest absolute Gasteiger partial charge is 0.497 e. The molecule has 0 atom stereocenters. The van der Waals surface area contributed by atoms with Crippen molar-refractivity contribution in [3.63, 3.8) is 0 Å².